The van der Waals surface area contributed by atoms with E-state index in [1.54, 1.807) is 6.08 Å². The van der Waals surface area contributed by atoms with E-state index in [-0.39, 0.29) is 18.9 Å². The number of carbonyl (C=O) groups is 1. The zero-order valence-corrected chi connectivity index (χ0v) is 39.2. The molecule has 2 rings (SSSR count). The molecule has 12 unspecified atom stereocenters. The average molecular weight is 920 g/mol. The second kappa shape index (κ2) is 37.2. The standard InChI is InChI=1S/C51H85NO13/c1-3-5-7-9-11-13-15-17-19-21-22-24-26-28-30-32-34-40(55)39(52-43(56)35-33-31-29-27-25-23-20-18-16-14-12-10-8-6-4-2)38-62-50-48(61)46(59)49(42(37-54)64-50)65-51-47(60)45(58)44(57)41(36-53)63-51/h6,8,12,14,17-20,24-27,32,34,39-42,44-51,53-55,57-61H,3-5,7,9-11,13,15-16,21-23,28-31,33,35-38H2,1-2H3,(H,52,56)/b8-6-,14-12-,19-17+,20-18-,26-24+,27-25-,34-32+. The molecule has 0 aromatic carbocycles. The van der Waals surface area contributed by atoms with Crippen molar-refractivity contribution in [3.63, 3.8) is 0 Å². The average Bonchev–Trinajstić information content (AvgIpc) is 3.30. The van der Waals surface area contributed by atoms with Crippen molar-refractivity contribution in [2.75, 3.05) is 19.8 Å². The molecule has 2 fully saturated rings. The third-order valence-corrected chi connectivity index (χ3v) is 11.3. The minimum Gasteiger partial charge on any atom is -0.394 e. The summed E-state index contributed by atoms with van der Waals surface area (Å²) < 4.78 is 22.6. The first-order chi connectivity index (χ1) is 31.6. The van der Waals surface area contributed by atoms with Gasteiger partial charge in [-0.15, -0.1) is 0 Å². The summed E-state index contributed by atoms with van der Waals surface area (Å²) in [5.41, 5.74) is 0. The number of nitrogens with one attached hydrogen (secondary N) is 1. The van der Waals surface area contributed by atoms with E-state index in [4.69, 9.17) is 18.9 Å². The summed E-state index contributed by atoms with van der Waals surface area (Å²) in [5, 5.41) is 86.6. The summed E-state index contributed by atoms with van der Waals surface area (Å²) in [7, 11) is 0. The number of unbranched alkanes of at least 4 members (excludes halogenated alkanes) is 10. The monoisotopic (exact) mass is 920 g/mol. The summed E-state index contributed by atoms with van der Waals surface area (Å²) in [6, 6.07) is -0.963. The van der Waals surface area contributed by atoms with Crippen LogP contribution in [0.15, 0.2) is 85.1 Å². The molecule has 0 saturated carbocycles. The first-order valence-electron chi connectivity index (χ1n) is 24.3. The number of carbonyl (C=O) groups excluding carboxylic acids is 1. The fourth-order valence-corrected chi connectivity index (χ4v) is 7.31. The van der Waals surface area contributed by atoms with Crippen LogP contribution in [0.25, 0.3) is 0 Å². The molecule has 0 bridgehead atoms. The lowest BCUT2D eigenvalue weighted by Crippen LogP contribution is -2.65. The van der Waals surface area contributed by atoms with Crippen molar-refractivity contribution in [3.8, 4) is 0 Å². The minimum absolute atomic E-state index is 0.213. The zero-order valence-electron chi connectivity index (χ0n) is 39.2. The molecule has 0 aliphatic carbocycles. The van der Waals surface area contributed by atoms with Crippen molar-refractivity contribution in [2.45, 2.75) is 209 Å². The molecule has 2 aliphatic heterocycles. The van der Waals surface area contributed by atoms with E-state index in [1.807, 2.05) is 6.08 Å². The van der Waals surface area contributed by atoms with Gasteiger partial charge in [-0.25, -0.2) is 0 Å². The highest BCUT2D eigenvalue weighted by atomic mass is 16.7. The van der Waals surface area contributed by atoms with Crippen molar-refractivity contribution < 1.29 is 64.6 Å². The Morgan fingerprint density at radius 3 is 1.69 bits per heavy atom. The number of amides is 1. The van der Waals surface area contributed by atoms with Crippen molar-refractivity contribution in [2.24, 2.45) is 0 Å². The first-order valence-corrected chi connectivity index (χ1v) is 24.3. The predicted molar refractivity (Wildman–Crippen MR) is 253 cm³/mol. The Morgan fingerprint density at radius 2 is 1.08 bits per heavy atom. The van der Waals surface area contributed by atoms with Gasteiger partial charge >= 0.3 is 0 Å². The van der Waals surface area contributed by atoms with Gasteiger partial charge in [-0.1, -0.05) is 131 Å². The molecule has 0 radical (unpaired) electrons. The Hall–Kier alpha value is -2.83. The number of aliphatic hydroxyl groups is 8. The van der Waals surface area contributed by atoms with E-state index in [9.17, 15) is 45.6 Å². The van der Waals surface area contributed by atoms with Gasteiger partial charge in [0.25, 0.3) is 0 Å². The summed E-state index contributed by atoms with van der Waals surface area (Å²) in [6.45, 7) is 2.57. The number of ether oxygens (including phenoxy) is 4. The van der Waals surface area contributed by atoms with Crippen LogP contribution < -0.4 is 5.32 Å². The maximum atomic E-state index is 13.1. The van der Waals surface area contributed by atoms with Crippen LogP contribution in [0.4, 0.5) is 0 Å². The van der Waals surface area contributed by atoms with Crippen molar-refractivity contribution >= 4 is 5.91 Å². The largest absolute Gasteiger partial charge is 0.394 e. The molecule has 0 spiro atoms. The third kappa shape index (κ3) is 24.7. The second-order valence-electron chi connectivity index (χ2n) is 16.8. The normalized spacial score (nSPS) is 27.8. The van der Waals surface area contributed by atoms with Gasteiger partial charge in [-0.2, -0.15) is 0 Å². The Morgan fingerprint density at radius 1 is 0.569 bits per heavy atom. The Balaban J connectivity index is 1.93. The molecular weight excluding hydrogens is 835 g/mol. The molecule has 12 atom stereocenters. The van der Waals surface area contributed by atoms with Gasteiger partial charge in [-0.05, 0) is 83.5 Å². The van der Waals surface area contributed by atoms with Crippen LogP contribution >= 0.6 is 0 Å². The van der Waals surface area contributed by atoms with Gasteiger partial charge in [0.15, 0.2) is 12.6 Å². The fourth-order valence-electron chi connectivity index (χ4n) is 7.31. The molecule has 1 amide bonds. The Labute approximate surface area is 389 Å². The highest BCUT2D eigenvalue weighted by molar-refractivity contribution is 5.76. The maximum absolute atomic E-state index is 13.1. The van der Waals surface area contributed by atoms with Crippen LogP contribution in [0.3, 0.4) is 0 Å². The first kappa shape index (κ1) is 58.3. The van der Waals surface area contributed by atoms with Gasteiger partial charge < -0.3 is 65.1 Å². The van der Waals surface area contributed by atoms with Crippen LogP contribution in [0, 0.1) is 0 Å². The van der Waals surface area contributed by atoms with Crippen LogP contribution in [0.1, 0.15) is 136 Å². The quantitative estimate of drug-likeness (QED) is 0.0270. The van der Waals surface area contributed by atoms with E-state index in [0.29, 0.717) is 12.8 Å². The van der Waals surface area contributed by atoms with Crippen molar-refractivity contribution in [1.29, 1.82) is 0 Å². The van der Waals surface area contributed by atoms with Gasteiger partial charge in [0.1, 0.15) is 48.8 Å². The van der Waals surface area contributed by atoms with Crippen LogP contribution in [-0.4, -0.2) is 140 Å². The summed E-state index contributed by atoms with van der Waals surface area (Å²) in [4.78, 5) is 13.1. The lowest BCUT2D eigenvalue weighted by Gasteiger charge is -2.46. The molecule has 65 heavy (non-hydrogen) atoms. The number of rotatable bonds is 35. The number of aliphatic hydroxyl groups excluding tert-OH is 8. The third-order valence-electron chi connectivity index (χ3n) is 11.3. The smallest absolute Gasteiger partial charge is 0.220 e. The van der Waals surface area contributed by atoms with Gasteiger partial charge in [0.2, 0.25) is 5.91 Å². The fraction of sp³-hybridized carbons (Fsp3) is 0.706. The molecule has 0 aromatic heterocycles. The van der Waals surface area contributed by atoms with Crippen LogP contribution in [0.2, 0.25) is 0 Å². The topological polar surface area (TPSA) is 228 Å². The molecule has 2 saturated heterocycles. The molecule has 14 heteroatoms. The maximum Gasteiger partial charge on any atom is 0.220 e. The van der Waals surface area contributed by atoms with Gasteiger partial charge in [0.05, 0.1) is 32.0 Å². The summed E-state index contributed by atoms with van der Waals surface area (Å²) in [5.74, 6) is -0.300. The Kier molecular flexibility index (Phi) is 33.4. The zero-order chi connectivity index (χ0) is 47.5. The van der Waals surface area contributed by atoms with E-state index in [2.05, 4.69) is 92.1 Å². The predicted octanol–water partition coefficient (Wildman–Crippen LogP) is 5.82. The number of hydrogen-bond acceptors (Lipinski definition) is 13. The van der Waals surface area contributed by atoms with E-state index in [1.165, 1.54) is 38.5 Å². The minimum atomic E-state index is -1.80. The molecule has 0 aromatic rings. The van der Waals surface area contributed by atoms with E-state index < -0.39 is 86.8 Å². The molecular formula is C51H85NO13. The van der Waals surface area contributed by atoms with Crippen molar-refractivity contribution in [3.05, 3.63) is 85.1 Å². The second-order valence-corrected chi connectivity index (χ2v) is 16.8. The molecule has 2 heterocycles. The molecule has 14 nitrogen and oxygen atoms in total. The summed E-state index contributed by atoms with van der Waals surface area (Å²) >= 11 is 0. The molecule has 372 valence electrons. The lowest BCUT2D eigenvalue weighted by atomic mass is 9.97. The van der Waals surface area contributed by atoms with E-state index >= 15 is 0 Å². The number of hydrogen-bond donors (Lipinski definition) is 9. The molecule has 9 N–H and O–H groups in total. The highest BCUT2D eigenvalue weighted by Gasteiger charge is 2.51. The lowest BCUT2D eigenvalue weighted by molar-refractivity contribution is -0.359. The van der Waals surface area contributed by atoms with Crippen molar-refractivity contribution in [1.82, 2.24) is 5.32 Å². The summed E-state index contributed by atoms with van der Waals surface area (Å²) in [6.07, 6.45) is 30.6. The number of allylic oxidation sites excluding steroid dienone is 13. The SMILES string of the molecule is CC/C=C\C/C=C\C/C=C\C/C=C\CCCCC(=O)NC(COC1OC(CO)C(OC2OC(CO)C(O)C(O)C2O)C(O)C1O)C(O)/C=C/CC/C=C/CC/C=C/CCCCCCCC. The van der Waals surface area contributed by atoms with Crippen LogP contribution in [0.5, 0.6) is 0 Å². The highest BCUT2D eigenvalue weighted by Crippen LogP contribution is 2.30. The van der Waals surface area contributed by atoms with Gasteiger partial charge in [0, 0.05) is 6.42 Å². The Bertz CT molecular complexity index is 1410. The molecule has 2 aliphatic rings. The van der Waals surface area contributed by atoms with E-state index in [0.717, 1.165) is 64.2 Å². The van der Waals surface area contributed by atoms with Gasteiger partial charge in [-0.3, -0.25) is 4.79 Å². The van der Waals surface area contributed by atoms with Crippen LogP contribution in [-0.2, 0) is 23.7 Å².